The minimum atomic E-state index is 0.0132. The number of hydrogen-bond donors (Lipinski definition) is 1. The van der Waals surface area contributed by atoms with Crippen molar-refractivity contribution < 1.29 is 9.53 Å². The maximum absolute atomic E-state index is 12.5. The highest BCUT2D eigenvalue weighted by Crippen LogP contribution is 2.23. The number of anilines is 1. The highest BCUT2D eigenvalue weighted by Gasteiger charge is 2.23. The number of benzene rings is 1. The van der Waals surface area contributed by atoms with Crippen molar-refractivity contribution in [2.24, 2.45) is 5.92 Å². The second-order valence-corrected chi connectivity index (χ2v) is 5.79. The summed E-state index contributed by atoms with van der Waals surface area (Å²) in [4.78, 5) is 16.5. The number of nitrogens with zero attached hydrogens (tertiary/aromatic N) is 2. The average Bonchev–Trinajstić information content (AvgIpc) is 2.85. The normalized spacial score (nSPS) is 18.7. The average molecular weight is 291 g/mol. The molecule has 5 heteroatoms. The first kappa shape index (κ1) is 15.6. The Labute approximate surface area is 126 Å². The van der Waals surface area contributed by atoms with Crippen LogP contribution in [-0.4, -0.2) is 56.0 Å². The van der Waals surface area contributed by atoms with Gasteiger partial charge in [-0.1, -0.05) is 0 Å². The van der Waals surface area contributed by atoms with Crippen molar-refractivity contribution in [3.8, 4) is 5.75 Å². The van der Waals surface area contributed by atoms with Gasteiger partial charge in [-0.3, -0.25) is 4.79 Å². The Bertz CT molecular complexity index is 504. The molecule has 0 spiro atoms. The maximum Gasteiger partial charge on any atom is 0.253 e. The Balaban J connectivity index is 2.00. The Morgan fingerprint density at radius 3 is 2.86 bits per heavy atom. The molecule has 1 heterocycles. The number of ether oxygens (including phenoxy) is 1. The van der Waals surface area contributed by atoms with E-state index in [2.05, 4.69) is 11.9 Å². The molecule has 2 rings (SSSR count). The van der Waals surface area contributed by atoms with Crippen LogP contribution in [0.3, 0.4) is 0 Å². The second-order valence-electron chi connectivity index (χ2n) is 5.79. The SMILES string of the molecule is CCOc1ccc(C(=O)N(C)CC2CCN(C)C2)cc1N. The quantitative estimate of drug-likeness (QED) is 0.839. The summed E-state index contributed by atoms with van der Waals surface area (Å²) in [7, 11) is 3.97. The summed E-state index contributed by atoms with van der Waals surface area (Å²) in [6, 6.07) is 5.24. The van der Waals surface area contributed by atoms with Crippen LogP contribution in [0.5, 0.6) is 5.75 Å². The van der Waals surface area contributed by atoms with Crippen molar-refractivity contribution in [2.45, 2.75) is 13.3 Å². The molecule has 116 valence electrons. The van der Waals surface area contributed by atoms with Crippen LogP contribution in [0.25, 0.3) is 0 Å². The zero-order chi connectivity index (χ0) is 15.4. The van der Waals surface area contributed by atoms with E-state index in [1.807, 2.05) is 14.0 Å². The highest BCUT2D eigenvalue weighted by atomic mass is 16.5. The van der Waals surface area contributed by atoms with Gasteiger partial charge in [-0.15, -0.1) is 0 Å². The lowest BCUT2D eigenvalue weighted by atomic mass is 10.1. The summed E-state index contributed by atoms with van der Waals surface area (Å²) in [6.07, 6.45) is 1.15. The summed E-state index contributed by atoms with van der Waals surface area (Å²) in [5.74, 6) is 1.21. The van der Waals surface area contributed by atoms with E-state index in [1.54, 1.807) is 23.1 Å². The molecule has 0 radical (unpaired) electrons. The van der Waals surface area contributed by atoms with Gasteiger partial charge in [0, 0.05) is 25.7 Å². The molecule has 1 unspecified atom stereocenters. The monoisotopic (exact) mass is 291 g/mol. The lowest BCUT2D eigenvalue weighted by Gasteiger charge is -2.21. The summed E-state index contributed by atoms with van der Waals surface area (Å²) < 4.78 is 5.40. The van der Waals surface area contributed by atoms with E-state index >= 15 is 0 Å². The van der Waals surface area contributed by atoms with Crippen molar-refractivity contribution >= 4 is 11.6 Å². The number of carbonyl (C=O) groups excluding carboxylic acids is 1. The fourth-order valence-corrected chi connectivity index (χ4v) is 2.83. The number of amides is 1. The predicted octanol–water partition coefficient (Wildman–Crippen LogP) is 1.69. The molecule has 0 saturated carbocycles. The van der Waals surface area contributed by atoms with E-state index in [0.29, 0.717) is 29.5 Å². The summed E-state index contributed by atoms with van der Waals surface area (Å²) in [5.41, 5.74) is 7.05. The third-order valence-electron chi connectivity index (χ3n) is 3.92. The molecule has 1 aromatic rings. The van der Waals surface area contributed by atoms with E-state index in [0.717, 1.165) is 26.1 Å². The number of likely N-dealkylation sites (tertiary alicyclic amines) is 1. The van der Waals surface area contributed by atoms with E-state index in [9.17, 15) is 4.79 Å². The molecule has 1 aromatic carbocycles. The Morgan fingerprint density at radius 1 is 1.52 bits per heavy atom. The van der Waals surface area contributed by atoms with E-state index in [1.165, 1.54) is 0 Å². The van der Waals surface area contributed by atoms with Crippen molar-refractivity contribution in [2.75, 3.05) is 46.1 Å². The zero-order valence-corrected chi connectivity index (χ0v) is 13.1. The predicted molar refractivity (Wildman–Crippen MR) is 84.6 cm³/mol. The van der Waals surface area contributed by atoms with Gasteiger partial charge in [0.2, 0.25) is 0 Å². The topological polar surface area (TPSA) is 58.8 Å². The smallest absolute Gasteiger partial charge is 0.253 e. The van der Waals surface area contributed by atoms with Crippen LogP contribution in [0.15, 0.2) is 18.2 Å². The number of carbonyl (C=O) groups is 1. The van der Waals surface area contributed by atoms with Crippen molar-refractivity contribution in [3.63, 3.8) is 0 Å². The van der Waals surface area contributed by atoms with E-state index < -0.39 is 0 Å². The van der Waals surface area contributed by atoms with Crippen LogP contribution in [0.1, 0.15) is 23.7 Å². The number of nitrogens with two attached hydrogens (primary N) is 1. The van der Waals surface area contributed by atoms with Gasteiger partial charge in [0.15, 0.2) is 0 Å². The second kappa shape index (κ2) is 6.80. The minimum absolute atomic E-state index is 0.0132. The third-order valence-corrected chi connectivity index (χ3v) is 3.92. The van der Waals surface area contributed by atoms with Gasteiger partial charge in [0.1, 0.15) is 5.75 Å². The van der Waals surface area contributed by atoms with Gasteiger partial charge in [0.25, 0.3) is 5.91 Å². The molecule has 0 aromatic heterocycles. The van der Waals surface area contributed by atoms with Crippen LogP contribution in [0.4, 0.5) is 5.69 Å². The molecule has 0 aliphatic carbocycles. The molecule has 1 aliphatic heterocycles. The lowest BCUT2D eigenvalue weighted by molar-refractivity contribution is 0.0774. The Kier molecular flexibility index (Phi) is 5.07. The van der Waals surface area contributed by atoms with Crippen LogP contribution in [0.2, 0.25) is 0 Å². The van der Waals surface area contributed by atoms with E-state index in [-0.39, 0.29) is 5.91 Å². The van der Waals surface area contributed by atoms with Crippen molar-refractivity contribution in [1.29, 1.82) is 0 Å². The first-order valence-corrected chi connectivity index (χ1v) is 7.47. The van der Waals surface area contributed by atoms with Gasteiger partial charge in [-0.25, -0.2) is 0 Å². The van der Waals surface area contributed by atoms with Gasteiger partial charge < -0.3 is 20.3 Å². The minimum Gasteiger partial charge on any atom is -0.492 e. The number of nitrogen functional groups attached to an aromatic ring is 1. The van der Waals surface area contributed by atoms with Gasteiger partial charge >= 0.3 is 0 Å². The van der Waals surface area contributed by atoms with Crippen LogP contribution in [0, 0.1) is 5.92 Å². The molecular weight excluding hydrogens is 266 g/mol. The van der Waals surface area contributed by atoms with Crippen LogP contribution < -0.4 is 10.5 Å². The molecule has 1 fully saturated rings. The molecule has 0 bridgehead atoms. The molecule has 2 N–H and O–H groups in total. The van der Waals surface area contributed by atoms with Gasteiger partial charge in [-0.05, 0) is 51.1 Å². The van der Waals surface area contributed by atoms with Crippen molar-refractivity contribution in [1.82, 2.24) is 9.80 Å². The van der Waals surface area contributed by atoms with Crippen LogP contribution in [-0.2, 0) is 0 Å². The maximum atomic E-state index is 12.5. The standard InChI is InChI=1S/C16H25N3O2/c1-4-21-15-6-5-13(9-14(15)17)16(20)19(3)11-12-7-8-18(2)10-12/h5-6,9,12H,4,7-8,10-11,17H2,1-3H3. The fraction of sp³-hybridized carbons (Fsp3) is 0.562. The number of hydrogen-bond acceptors (Lipinski definition) is 4. The van der Waals surface area contributed by atoms with Gasteiger partial charge in [-0.2, -0.15) is 0 Å². The molecule has 1 saturated heterocycles. The summed E-state index contributed by atoms with van der Waals surface area (Å²) in [5, 5.41) is 0. The summed E-state index contributed by atoms with van der Waals surface area (Å²) in [6.45, 7) is 5.43. The van der Waals surface area contributed by atoms with Crippen molar-refractivity contribution in [3.05, 3.63) is 23.8 Å². The fourth-order valence-electron chi connectivity index (χ4n) is 2.83. The first-order valence-electron chi connectivity index (χ1n) is 7.47. The largest absolute Gasteiger partial charge is 0.492 e. The molecule has 21 heavy (non-hydrogen) atoms. The molecular formula is C16H25N3O2. The first-order chi connectivity index (χ1) is 10.0. The molecule has 1 amide bonds. The third kappa shape index (κ3) is 3.88. The van der Waals surface area contributed by atoms with E-state index in [4.69, 9.17) is 10.5 Å². The molecule has 5 nitrogen and oxygen atoms in total. The zero-order valence-electron chi connectivity index (χ0n) is 13.1. The van der Waals surface area contributed by atoms with Crippen LogP contribution >= 0.6 is 0 Å². The lowest BCUT2D eigenvalue weighted by Crippen LogP contribution is -2.32. The molecule has 1 aliphatic rings. The molecule has 1 atom stereocenters. The number of rotatable bonds is 5. The van der Waals surface area contributed by atoms with Gasteiger partial charge in [0.05, 0.1) is 12.3 Å². The summed E-state index contributed by atoms with van der Waals surface area (Å²) >= 11 is 0. The Hall–Kier alpha value is -1.75. The Morgan fingerprint density at radius 2 is 2.29 bits per heavy atom. The highest BCUT2D eigenvalue weighted by molar-refractivity contribution is 5.95.